The summed E-state index contributed by atoms with van der Waals surface area (Å²) in [6.07, 6.45) is 12.0. The minimum absolute atomic E-state index is 0.0717. The van der Waals surface area contributed by atoms with E-state index in [1.54, 1.807) is 24.4 Å². The van der Waals surface area contributed by atoms with E-state index in [4.69, 9.17) is 16.1 Å². The highest BCUT2D eigenvalue weighted by molar-refractivity contribution is 6.18. The molecule has 2 aromatic rings. The number of anilines is 1. The van der Waals surface area contributed by atoms with Gasteiger partial charge in [-0.25, -0.2) is 18.7 Å². The van der Waals surface area contributed by atoms with Gasteiger partial charge in [0.25, 0.3) is 0 Å². The Morgan fingerprint density at radius 1 is 1.40 bits per heavy atom. The standard InChI is InChI=1S/C21H19ClF2N4O2/c22-11-2-1-3-15(23)8-9-18(29)27-21-19(17-10-12-25-13-26-17)20(28-30-21)14-4-6-16(24)7-5-14/h1-4,6-7,10,12-14H,5,8-9,11H2,(H,27,29)/b2-1-,15-3+. The molecule has 0 fully saturated rings. The molecular formula is C21H19ClF2N4O2. The zero-order chi connectivity index (χ0) is 21.3. The molecule has 0 aromatic carbocycles. The molecule has 1 atom stereocenters. The lowest BCUT2D eigenvalue weighted by atomic mass is 9.93. The molecule has 1 N–H and O–H groups in total. The molecule has 2 heterocycles. The maximum absolute atomic E-state index is 13.7. The largest absolute Gasteiger partial charge is 0.337 e. The van der Waals surface area contributed by atoms with Gasteiger partial charge in [0.2, 0.25) is 11.8 Å². The Kier molecular flexibility index (Phi) is 7.62. The SMILES string of the molecule is O=C(CC/C(F)=C\C=C/CCl)Nc1onc(C2C=CC(F)=CC2)c1-c1ccncn1. The van der Waals surface area contributed by atoms with Crippen LogP contribution in [0.2, 0.25) is 0 Å². The van der Waals surface area contributed by atoms with Crippen molar-refractivity contribution in [2.75, 3.05) is 11.2 Å². The predicted octanol–water partition coefficient (Wildman–Crippen LogP) is 5.40. The van der Waals surface area contributed by atoms with E-state index in [9.17, 15) is 13.6 Å². The number of halogens is 3. The average molecular weight is 433 g/mol. The van der Waals surface area contributed by atoms with Gasteiger partial charge in [0.05, 0.1) is 11.3 Å². The molecule has 1 aliphatic carbocycles. The van der Waals surface area contributed by atoms with Crippen LogP contribution >= 0.6 is 11.6 Å². The maximum Gasteiger partial charge on any atom is 0.241 e. The van der Waals surface area contributed by atoms with Gasteiger partial charge < -0.3 is 4.52 Å². The number of hydrogen-bond donors (Lipinski definition) is 1. The van der Waals surface area contributed by atoms with Crippen molar-refractivity contribution in [2.24, 2.45) is 0 Å². The van der Waals surface area contributed by atoms with Crippen molar-refractivity contribution in [3.05, 3.63) is 72.4 Å². The van der Waals surface area contributed by atoms with Crippen LogP contribution in [0.15, 0.2) is 71.2 Å². The monoisotopic (exact) mass is 432 g/mol. The molecular weight excluding hydrogens is 414 g/mol. The van der Waals surface area contributed by atoms with Gasteiger partial charge >= 0.3 is 0 Å². The number of alkyl halides is 1. The number of allylic oxidation sites excluding steroid dienone is 8. The molecule has 3 rings (SSSR count). The van der Waals surface area contributed by atoms with E-state index in [1.165, 1.54) is 30.6 Å². The second-order valence-corrected chi connectivity index (χ2v) is 6.71. The molecule has 0 saturated carbocycles. The molecule has 0 radical (unpaired) electrons. The van der Waals surface area contributed by atoms with E-state index in [-0.39, 0.29) is 36.4 Å². The van der Waals surface area contributed by atoms with E-state index in [0.717, 1.165) is 0 Å². The fraction of sp³-hybridized carbons (Fsp3) is 0.238. The maximum atomic E-state index is 13.7. The molecule has 0 bridgehead atoms. The fourth-order valence-electron chi connectivity index (χ4n) is 2.85. The molecule has 2 aromatic heterocycles. The molecule has 156 valence electrons. The first-order valence-electron chi connectivity index (χ1n) is 9.25. The highest BCUT2D eigenvalue weighted by Gasteiger charge is 2.26. The number of nitrogens with one attached hydrogen (secondary N) is 1. The molecule has 9 heteroatoms. The lowest BCUT2D eigenvalue weighted by Crippen LogP contribution is -2.11. The Hall–Kier alpha value is -3.13. The van der Waals surface area contributed by atoms with Crippen LogP contribution in [-0.2, 0) is 4.79 Å². The first kappa shape index (κ1) is 21.6. The van der Waals surface area contributed by atoms with E-state index in [1.807, 2.05) is 0 Å². The summed E-state index contributed by atoms with van der Waals surface area (Å²) in [6.45, 7) is 0. The number of aromatic nitrogens is 3. The molecule has 30 heavy (non-hydrogen) atoms. The van der Waals surface area contributed by atoms with Crippen LogP contribution in [-0.4, -0.2) is 26.9 Å². The lowest BCUT2D eigenvalue weighted by molar-refractivity contribution is -0.116. The topological polar surface area (TPSA) is 80.9 Å². The number of hydrogen-bond acceptors (Lipinski definition) is 5. The van der Waals surface area contributed by atoms with Crippen molar-refractivity contribution in [3.63, 3.8) is 0 Å². The van der Waals surface area contributed by atoms with Gasteiger partial charge in [0, 0.05) is 30.8 Å². The molecule has 1 amide bonds. The fourth-order valence-corrected chi connectivity index (χ4v) is 2.96. The van der Waals surface area contributed by atoms with Gasteiger partial charge in [-0.05, 0) is 30.7 Å². The highest BCUT2D eigenvalue weighted by atomic mass is 35.5. The molecule has 0 aliphatic heterocycles. The van der Waals surface area contributed by atoms with E-state index in [0.29, 0.717) is 23.4 Å². The number of carbonyl (C=O) groups is 1. The Morgan fingerprint density at radius 2 is 2.27 bits per heavy atom. The van der Waals surface area contributed by atoms with Gasteiger partial charge in [-0.3, -0.25) is 10.1 Å². The summed E-state index contributed by atoms with van der Waals surface area (Å²) >= 11 is 5.48. The number of carbonyl (C=O) groups excluding carboxylic acids is 1. The van der Waals surface area contributed by atoms with Crippen LogP contribution < -0.4 is 5.32 Å². The van der Waals surface area contributed by atoms with Crippen molar-refractivity contribution >= 4 is 23.4 Å². The van der Waals surface area contributed by atoms with E-state index >= 15 is 0 Å². The molecule has 1 aliphatic rings. The van der Waals surface area contributed by atoms with Gasteiger partial charge in [0.15, 0.2) is 0 Å². The Bertz CT molecular complexity index is 1000. The van der Waals surface area contributed by atoms with Crippen LogP contribution in [0.1, 0.15) is 30.9 Å². The zero-order valence-electron chi connectivity index (χ0n) is 15.9. The summed E-state index contributed by atoms with van der Waals surface area (Å²) in [7, 11) is 0. The molecule has 0 spiro atoms. The highest BCUT2D eigenvalue weighted by Crippen LogP contribution is 2.38. The first-order chi connectivity index (χ1) is 14.6. The Balaban J connectivity index is 1.78. The minimum Gasteiger partial charge on any atom is -0.337 e. The molecule has 0 saturated heterocycles. The normalized spacial score (nSPS) is 16.7. The predicted molar refractivity (Wildman–Crippen MR) is 110 cm³/mol. The van der Waals surface area contributed by atoms with Gasteiger partial charge in [-0.15, -0.1) is 11.6 Å². The average Bonchev–Trinajstić information content (AvgIpc) is 3.17. The molecule has 1 unspecified atom stereocenters. The van der Waals surface area contributed by atoms with Crippen molar-refractivity contribution in [2.45, 2.75) is 25.2 Å². The van der Waals surface area contributed by atoms with Crippen LogP contribution in [0.4, 0.5) is 14.7 Å². The van der Waals surface area contributed by atoms with Gasteiger partial charge in [-0.2, -0.15) is 0 Å². The summed E-state index contributed by atoms with van der Waals surface area (Å²) < 4.78 is 32.4. The van der Waals surface area contributed by atoms with Crippen LogP contribution in [0.25, 0.3) is 11.3 Å². The molecule has 6 nitrogen and oxygen atoms in total. The number of rotatable bonds is 8. The van der Waals surface area contributed by atoms with Crippen LogP contribution in [0.5, 0.6) is 0 Å². The van der Waals surface area contributed by atoms with E-state index < -0.39 is 11.7 Å². The minimum atomic E-state index is -0.443. The van der Waals surface area contributed by atoms with Gasteiger partial charge in [-0.1, -0.05) is 23.4 Å². The lowest BCUT2D eigenvalue weighted by Gasteiger charge is -2.12. The smallest absolute Gasteiger partial charge is 0.241 e. The summed E-state index contributed by atoms with van der Waals surface area (Å²) in [6, 6.07) is 1.65. The summed E-state index contributed by atoms with van der Waals surface area (Å²) in [4.78, 5) is 20.4. The van der Waals surface area contributed by atoms with Crippen molar-refractivity contribution < 1.29 is 18.1 Å². The second kappa shape index (κ2) is 10.6. The summed E-state index contributed by atoms with van der Waals surface area (Å²) in [5.41, 5.74) is 1.50. The van der Waals surface area contributed by atoms with Crippen LogP contribution in [0.3, 0.4) is 0 Å². The van der Waals surface area contributed by atoms with Crippen LogP contribution in [0, 0.1) is 0 Å². The van der Waals surface area contributed by atoms with Crippen molar-refractivity contribution in [3.8, 4) is 11.3 Å². The number of amides is 1. The third-order valence-electron chi connectivity index (χ3n) is 4.31. The van der Waals surface area contributed by atoms with Crippen molar-refractivity contribution in [1.82, 2.24) is 15.1 Å². The summed E-state index contributed by atoms with van der Waals surface area (Å²) in [5.74, 6) is -1.06. The third kappa shape index (κ3) is 5.70. The van der Waals surface area contributed by atoms with E-state index in [2.05, 4.69) is 20.4 Å². The quantitative estimate of drug-likeness (QED) is 0.446. The summed E-state index contributed by atoms with van der Waals surface area (Å²) in [5, 5.41) is 6.70. The Labute approximate surface area is 177 Å². The Morgan fingerprint density at radius 3 is 2.97 bits per heavy atom. The van der Waals surface area contributed by atoms with Crippen molar-refractivity contribution in [1.29, 1.82) is 0 Å². The second-order valence-electron chi connectivity index (χ2n) is 6.40. The third-order valence-corrected chi connectivity index (χ3v) is 4.49. The number of nitrogens with zero attached hydrogens (tertiary/aromatic N) is 3. The van der Waals surface area contributed by atoms with Gasteiger partial charge in [0.1, 0.15) is 23.7 Å². The first-order valence-corrected chi connectivity index (χ1v) is 9.78. The zero-order valence-corrected chi connectivity index (χ0v) is 16.6.